The van der Waals surface area contributed by atoms with E-state index in [0.29, 0.717) is 31.9 Å². The number of para-hydroxylation sites is 1. The van der Waals surface area contributed by atoms with Gasteiger partial charge in [0.15, 0.2) is 6.54 Å². The lowest BCUT2D eigenvalue weighted by atomic mass is 10.1. The molecule has 0 aliphatic carbocycles. The zero-order chi connectivity index (χ0) is 20.1. The number of pyridine rings is 1. The average Bonchev–Trinajstić information content (AvgIpc) is 2.68. The molecular formula is C19H20F3N4O2+. The van der Waals surface area contributed by atoms with Gasteiger partial charge < -0.3 is 15.1 Å². The molecule has 1 aliphatic heterocycles. The number of carbonyl (C=O) groups is 2. The number of halogens is 3. The summed E-state index contributed by atoms with van der Waals surface area (Å²) in [6.07, 6.45) is -2.98. The Labute approximate surface area is 160 Å². The van der Waals surface area contributed by atoms with Crippen LogP contribution in [0.2, 0.25) is 0 Å². The van der Waals surface area contributed by atoms with Gasteiger partial charge in [0.25, 0.3) is 11.8 Å². The van der Waals surface area contributed by atoms with Crippen LogP contribution in [0.25, 0.3) is 0 Å². The predicted octanol–water partition coefficient (Wildman–Crippen LogP) is 1.08. The summed E-state index contributed by atoms with van der Waals surface area (Å²) in [5.74, 6) is -0.653. The lowest BCUT2D eigenvalue weighted by Crippen LogP contribution is -3.15. The Morgan fingerprint density at radius 3 is 2.39 bits per heavy atom. The highest BCUT2D eigenvalue weighted by molar-refractivity contribution is 5.93. The van der Waals surface area contributed by atoms with Crippen molar-refractivity contribution in [2.45, 2.75) is 6.18 Å². The van der Waals surface area contributed by atoms with E-state index in [9.17, 15) is 22.8 Å². The molecule has 0 radical (unpaired) electrons. The third-order valence-corrected chi connectivity index (χ3v) is 4.56. The molecule has 2 amide bonds. The van der Waals surface area contributed by atoms with E-state index in [1.807, 2.05) is 0 Å². The Balaban J connectivity index is 1.53. The van der Waals surface area contributed by atoms with Gasteiger partial charge in [0, 0.05) is 6.20 Å². The summed E-state index contributed by atoms with van der Waals surface area (Å²) < 4.78 is 39.1. The van der Waals surface area contributed by atoms with Crippen molar-refractivity contribution in [3.63, 3.8) is 0 Å². The fourth-order valence-electron chi connectivity index (χ4n) is 3.11. The molecule has 1 aromatic carbocycles. The normalized spacial score (nSPS) is 15.3. The van der Waals surface area contributed by atoms with Gasteiger partial charge in [-0.15, -0.1) is 0 Å². The van der Waals surface area contributed by atoms with Crippen molar-refractivity contribution >= 4 is 17.5 Å². The molecule has 1 aliphatic rings. The summed E-state index contributed by atoms with van der Waals surface area (Å²) in [6.45, 7) is 2.02. The van der Waals surface area contributed by atoms with E-state index in [1.54, 1.807) is 29.3 Å². The number of piperazine rings is 1. The van der Waals surface area contributed by atoms with Gasteiger partial charge in [0.2, 0.25) is 0 Å². The number of benzene rings is 1. The van der Waals surface area contributed by atoms with Crippen LogP contribution in [0.15, 0.2) is 48.7 Å². The fourth-order valence-corrected chi connectivity index (χ4v) is 3.11. The molecule has 9 heteroatoms. The van der Waals surface area contributed by atoms with Crippen LogP contribution in [0, 0.1) is 0 Å². The van der Waals surface area contributed by atoms with Crippen LogP contribution in [-0.4, -0.2) is 54.4 Å². The molecular weight excluding hydrogens is 373 g/mol. The van der Waals surface area contributed by atoms with E-state index >= 15 is 0 Å². The van der Waals surface area contributed by atoms with Crippen molar-refractivity contribution in [1.29, 1.82) is 0 Å². The van der Waals surface area contributed by atoms with E-state index in [2.05, 4.69) is 10.3 Å². The largest absolute Gasteiger partial charge is 0.418 e. The van der Waals surface area contributed by atoms with Crippen LogP contribution < -0.4 is 10.2 Å². The molecule has 0 atom stereocenters. The number of hydrogen-bond donors (Lipinski definition) is 2. The number of quaternary nitrogens is 1. The van der Waals surface area contributed by atoms with Crippen LogP contribution in [0.4, 0.5) is 18.9 Å². The van der Waals surface area contributed by atoms with Gasteiger partial charge in [-0.1, -0.05) is 18.2 Å². The summed E-state index contributed by atoms with van der Waals surface area (Å²) in [5.41, 5.74) is -0.750. The van der Waals surface area contributed by atoms with E-state index in [-0.39, 0.29) is 18.1 Å². The Hall–Kier alpha value is -2.94. The first kappa shape index (κ1) is 19.8. The second-order valence-corrected chi connectivity index (χ2v) is 6.53. The third-order valence-electron chi connectivity index (χ3n) is 4.56. The summed E-state index contributed by atoms with van der Waals surface area (Å²) in [5, 5.41) is 2.35. The number of nitrogens with one attached hydrogen (secondary N) is 2. The fraction of sp³-hybridized carbons (Fsp3) is 0.316. The number of rotatable bonds is 4. The Kier molecular flexibility index (Phi) is 5.93. The highest BCUT2D eigenvalue weighted by Gasteiger charge is 2.34. The lowest BCUT2D eigenvalue weighted by molar-refractivity contribution is -0.895. The number of hydrogen-bond acceptors (Lipinski definition) is 3. The van der Waals surface area contributed by atoms with Gasteiger partial charge in [0.05, 0.1) is 37.4 Å². The molecule has 0 bridgehead atoms. The minimum Gasteiger partial charge on any atom is -0.326 e. The zero-order valence-corrected chi connectivity index (χ0v) is 15.0. The van der Waals surface area contributed by atoms with Gasteiger partial charge in [-0.3, -0.25) is 14.6 Å². The van der Waals surface area contributed by atoms with Gasteiger partial charge in [-0.2, -0.15) is 13.2 Å². The second kappa shape index (κ2) is 8.39. The molecule has 6 nitrogen and oxygen atoms in total. The first-order chi connectivity index (χ1) is 13.3. The molecule has 2 heterocycles. The van der Waals surface area contributed by atoms with Crippen LogP contribution in [0.5, 0.6) is 0 Å². The highest BCUT2D eigenvalue weighted by Crippen LogP contribution is 2.34. The number of amides is 2. The standard InChI is InChI=1S/C19H19F3N4O2/c20-19(21,22)14-5-1-2-6-15(14)24-17(27)13-25-9-11-26(12-10-25)18(28)16-7-3-4-8-23-16/h1-8H,9-13H2,(H,24,27)/p+1. The van der Waals surface area contributed by atoms with Crippen LogP contribution >= 0.6 is 0 Å². The summed E-state index contributed by atoms with van der Waals surface area (Å²) in [4.78, 5) is 31.2. The molecule has 3 rings (SSSR count). The van der Waals surface area contributed by atoms with Crippen molar-refractivity contribution in [2.24, 2.45) is 0 Å². The van der Waals surface area contributed by atoms with E-state index in [1.165, 1.54) is 18.2 Å². The maximum absolute atomic E-state index is 13.0. The predicted molar refractivity (Wildman–Crippen MR) is 95.8 cm³/mol. The number of anilines is 1. The third kappa shape index (κ3) is 4.86. The SMILES string of the molecule is O=C(C[NH+]1CCN(C(=O)c2ccccn2)CC1)Nc1ccccc1C(F)(F)F. The summed E-state index contributed by atoms with van der Waals surface area (Å²) >= 11 is 0. The molecule has 1 fully saturated rings. The molecule has 0 unspecified atom stereocenters. The van der Waals surface area contributed by atoms with Crippen LogP contribution in [0.1, 0.15) is 16.1 Å². The van der Waals surface area contributed by atoms with Gasteiger partial charge >= 0.3 is 6.18 Å². The number of aromatic nitrogens is 1. The molecule has 2 aromatic rings. The maximum Gasteiger partial charge on any atom is 0.418 e. The number of nitrogens with zero attached hydrogens (tertiary/aromatic N) is 2. The first-order valence-electron chi connectivity index (χ1n) is 8.84. The quantitative estimate of drug-likeness (QED) is 0.817. The highest BCUT2D eigenvalue weighted by atomic mass is 19.4. The van der Waals surface area contributed by atoms with Crippen LogP contribution in [0.3, 0.4) is 0 Å². The van der Waals surface area contributed by atoms with Crippen molar-refractivity contribution in [2.75, 3.05) is 38.0 Å². The smallest absolute Gasteiger partial charge is 0.326 e. The minimum atomic E-state index is -4.53. The maximum atomic E-state index is 13.0. The second-order valence-electron chi connectivity index (χ2n) is 6.53. The molecule has 2 N–H and O–H groups in total. The lowest BCUT2D eigenvalue weighted by Gasteiger charge is -2.31. The van der Waals surface area contributed by atoms with Crippen LogP contribution in [-0.2, 0) is 11.0 Å². The summed E-state index contributed by atoms with van der Waals surface area (Å²) in [7, 11) is 0. The van der Waals surface area contributed by atoms with Crippen molar-refractivity contribution < 1.29 is 27.7 Å². The first-order valence-corrected chi connectivity index (χ1v) is 8.84. The number of alkyl halides is 3. The van der Waals surface area contributed by atoms with E-state index < -0.39 is 17.6 Å². The Morgan fingerprint density at radius 1 is 1.07 bits per heavy atom. The van der Waals surface area contributed by atoms with Gasteiger partial charge in [-0.25, -0.2) is 0 Å². The van der Waals surface area contributed by atoms with E-state index in [0.717, 1.165) is 11.0 Å². The molecule has 28 heavy (non-hydrogen) atoms. The summed E-state index contributed by atoms with van der Waals surface area (Å²) in [6, 6.07) is 10.0. The zero-order valence-electron chi connectivity index (χ0n) is 15.0. The Morgan fingerprint density at radius 2 is 1.75 bits per heavy atom. The van der Waals surface area contributed by atoms with Crippen molar-refractivity contribution in [3.8, 4) is 0 Å². The monoisotopic (exact) mass is 393 g/mol. The van der Waals surface area contributed by atoms with E-state index in [4.69, 9.17) is 0 Å². The van der Waals surface area contributed by atoms with Gasteiger partial charge in [-0.05, 0) is 24.3 Å². The minimum absolute atomic E-state index is 0.0395. The van der Waals surface area contributed by atoms with Crippen molar-refractivity contribution in [3.05, 3.63) is 59.9 Å². The molecule has 148 valence electrons. The topological polar surface area (TPSA) is 66.7 Å². The molecule has 0 spiro atoms. The molecule has 0 saturated carbocycles. The van der Waals surface area contributed by atoms with Gasteiger partial charge in [0.1, 0.15) is 5.69 Å². The van der Waals surface area contributed by atoms with Crippen molar-refractivity contribution in [1.82, 2.24) is 9.88 Å². The molecule has 1 saturated heterocycles. The Bertz CT molecular complexity index is 835. The molecule has 1 aromatic heterocycles. The average molecular weight is 393 g/mol. The number of carbonyl (C=O) groups excluding carboxylic acids is 2.